The highest BCUT2D eigenvalue weighted by atomic mass is 35.5. The fourth-order valence-electron chi connectivity index (χ4n) is 2.64. The summed E-state index contributed by atoms with van der Waals surface area (Å²) in [5, 5.41) is 3.70. The Bertz CT molecular complexity index is 1120. The number of hydrogen-bond acceptors (Lipinski definition) is 6. The van der Waals surface area contributed by atoms with Gasteiger partial charge in [-0.3, -0.25) is 4.79 Å². The molecule has 1 amide bonds. The van der Waals surface area contributed by atoms with Crippen molar-refractivity contribution >= 4 is 40.1 Å². The Balaban J connectivity index is 1.73. The van der Waals surface area contributed by atoms with E-state index in [0.717, 1.165) is 10.9 Å². The second kappa shape index (κ2) is 8.14. The highest BCUT2D eigenvalue weighted by molar-refractivity contribution is 6.31. The number of rotatable bonds is 5. The molecule has 3 rings (SSSR count). The topological polar surface area (TPSA) is 94.8 Å². The van der Waals surface area contributed by atoms with Crippen molar-refractivity contribution in [3.63, 3.8) is 0 Å². The van der Waals surface area contributed by atoms with E-state index >= 15 is 0 Å². The molecule has 1 heterocycles. The number of aryl methyl sites for hydroxylation is 1. The summed E-state index contributed by atoms with van der Waals surface area (Å²) in [6.45, 7) is 1.48. The van der Waals surface area contributed by atoms with Gasteiger partial charge in [0, 0.05) is 22.5 Å². The third-order valence-corrected chi connectivity index (χ3v) is 4.19. The molecule has 0 bridgehead atoms. The summed E-state index contributed by atoms with van der Waals surface area (Å²) in [6, 6.07) is 10.8. The second-order valence-corrected chi connectivity index (χ2v) is 6.36. The van der Waals surface area contributed by atoms with Crippen LogP contribution in [-0.2, 0) is 9.53 Å². The lowest BCUT2D eigenvalue weighted by molar-refractivity contribution is -0.118. The van der Waals surface area contributed by atoms with Gasteiger partial charge in [-0.05, 0) is 42.8 Å². The van der Waals surface area contributed by atoms with E-state index in [1.807, 2.05) is 0 Å². The van der Waals surface area contributed by atoms with Crippen LogP contribution in [0.25, 0.3) is 11.0 Å². The number of carbonyl (C=O) groups excluding carboxylic acids is 2. The number of benzene rings is 2. The molecule has 28 heavy (non-hydrogen) atoms. The minimum atomic E-state index is -0.604. The molecule has 1 N–H and O–H groups in total. The number of anilines is 1. The Morgan fingerprint density at radius 1 is 1.14 bits per heavy atom. The van der Waals surface area contributed by atoms with Gasteiger partial charge in [0.2, 0.25) is 0 Å². The van der Waals surface area contributed by atoms with Crippen molar-refractivity contribution < 1.29 is 23.5 Å². The molecular weight excluding hydrogens is 386 g/mol. The maximum Gasteiger partial charge on any atom is 0.339 e. The zero-order valence-electron chi connectivity index (χ0n) is 15.1. The number of nitrogens with one attached hydrogen (secondary N) is 1. The van der Waals surface area contributed by atoms with Crippen LogP contribution in [-0.4, -0.2) is 25.6 Å². The van der Waals surface area contributed by atoms with E-state index in [4.69, 9.17) is 20.8 Å². The minimum Gasteiger partial charge on any atom is -0.484 e. The van der Waals surface area contributed by atoms with Crippen molar-refractivity contribution in [3.8, 4) is 5.75 Å². The second-order valence-electron chi connectivity index (χ2n) is 5.92. The standard InChI is InChI=1S/C20H16ClNO6/c1-11-7-19(24)28-17-9-13(4-6-14(11)17)27-10-18(23)22-16-8-12(21)3-5-15(16)20(25)26-2/h3-9H,10H2,1-2H3,(H,22,23). The molecule has 144 valence electrons. The summed E-state index contributed by atoms with van der Waals surface area (Å²) >= 11 is 5.93. The predicted octanol–water partition coefficient (Wildman–Crippen LogP) is 3.56. The van der Waals surface area contributed by atoms with Crippen LogP contribution < -0.4 is 15.7 Å². The van der Waals surface area contributed by atoms with E-state index in [1.165, 1.54) is 37.4 Å². The van der Waals surface area contributed by atoms with E-state index < -0.39 is 17.5 Å². The number of esters is 1. The third kappa shape index (κ3) is 4.32. The van der Waals surface area contributed by atoms with Gasteiger partial charge >= 0.3 is 11.6 Å². The van der Waals surface area contributed by atoms with Crippen molar-refractivity contribution in [1.82, 2.24) is 0 Å². The zero-order chi connectivity index (χ0) is 20.3. The first-order chi connectivity index (χ1) is 13.4. The summed E-state index contributed by atoms with van der Waals surface area (Å²) in [7, 11) is 1.24. The molecule has 0 unspecified atom stereocenters. The molecule has 0 fully saturated rings. The fraction of sp³-hybridized carbons (Fsp3) is 0.150. The lowest BCUT2D eigenvalue weighted by atomic mass is 10.1. The maximum absolute atomic E-state index is 12.2. The molecule has 1 aromatic heterocycles. The van der Waals surface area contributed by atoms with Crippen LogP contribution in [0.4, 0.5) is 5.69 Å². The number of ether oxygens (including phenoxy) is 2. The third-order valence-electron chi connectivity index (χ3n) is 3.95. The monoisotopic (exact) mass is 401 g/mol. The fourth-order valence-corrected chi connectivity index (χ4v) is 2.81. The summed E-state index contributed by atoms with van der Waals surface area (Å²) in [6.07, 6.45) is 0. The summed E-state index contributed by atoms with van der Waals surface area (Å²) in [4.78, 5) is 35.5. The molecule has 0 saturated carbocycles. The summed E-state index contributed by atoms with van der Waals surface area (Å²) in [5.74, 6) is -0.748. The predicted molar refractivity (Wildman–Crippen MR) is 104 cm³/mol. The summed E-state index contributed by atoms with van der Waals surface area (Å²) < 4.78 is 15.3. The first-order valence-electron chi connectivity index (χ1n) is 8.22. The van der Waals surface area contributed by atoms with Crippen molar-refractivity contribution in [2.24, 2.45) is 0 Å². The van der Waals surface area contributed by atoms with Crippen LogP contribution in [0.5, 0.6) is 5.75 Å². The van der Waals surface area contributed by atoms with E-state index in [0.29, 0.717) is 16.4 Å². The van der Waals surface area contributed by atoms with Crippen LogP contribution in [0.3, 0.4) is 0 Å². The van der Waals surface area contributed by atoms with Crippen LogP contribution in [0.2, 0.25) is 5.02 Å². The number of methoxy groups -OCH3 is 1. The normalized spacial score (nSPS) is 10.5. The lowest BCUT2D eigenvalue weighted by Crippen LogP contribution is -2.21. The van der Waals surface area contributed by atoms with Gasteiger partial charge in [-0.25, -0.2) is 9.59 Å². The van der Waals surface area contributed by atoms with Gasteiger partial charge in [0.15, 0.2) is 6.61 Å². The van der Waals surface area contributed by atoms with Crippen molar-refractivity contribution in [3.05, 3.63) is 69.0 Å². The van der Waals surface area contributed by atoms with Crippen LogP contribution in [0.1, 0.15) is 15.9 Å². The van der Waals surface area contributed by atoms with E-state index in [-0.39, 0.29) is 17.9 Å². The molecule has 0 atom stereocenters. The molecule has 0 aliphatic carbocycles. The lowest BCUT2D eigenvalue weighted by Gasteiger charge is -2.11. The highest BCUT2D eigenvalue weighted by Crippen LogP contribution is 2.23. The smallest absolute Gasteiger partial charge is 0.339 e. The van der Waals surface area contributed by atoms with Gasteiger partial charge in [-0.1, -0.05) is 11.6 Å². The number of hydrogen-bond donors (Lipinski definition) is 1. The average Bonchev–Trinajstić information content (AvgIpc) is 2.65. The Morgan fingerprint density at radius 3 is 2.68 bits per heavy atom. The molecule has 0 spiro atoms. The van der Waals surface area contributed by atoms with Crippen molar-refractivity contribution in [1.29, 1.82) is 0 Å². The maximum atomic E-state index is 12.2. The van der Waals surface area contributed by atoms with Gasteiger partial charge in [-0.2, -0.15) is 0 Å². The molecule has 0 aliphatic heterocycles. The molecule has 2 aromatic carbocycles. The highest BCUT2D eigenvalue weighted by Gasteiger charge is 2.15. The van der Waals surface area contributed by atoms with E-state index in [2.05, 4.69) is 10.1 Å². The Labute approximate surface area is 164 Å². The molecule has 0 aliphatic rings. The SMILES string of the molecule is COC(=O)c1ccc(Cl)cc1NC(=O)COc1ccc2c(C)cc(=O)oc2c1. The molecule has 0 saturated heterocycles. The average molecular weight is 402 g/mol. The van der Waals surface area contributed by atoms with Crippen LogP contribution >= 0.6 is 11.6 Å². The Morgan fingerprint density at radius 2 is 1.93 bits per heavy atom. The van der Waals surface area contributed by atoms with Gasteiger partial charge in [0.25, 0.3) is 5.91 Å². The molecule has 7 nitrogen and oxygen atoms in total. The Kier molecular flexibility index (Phi) is 5.65. The number of amides is 1. The molecule has 8 heteroatoms. The molecular formula is C20H16ClNO6. The largest absolute Gasteiger partial charge is 0.484 e. The minimum absolute atomic E-state index is 0.170. The molecule has 3 aromatic rings. The van der Waals surface area contributed by atoms with Gasteiger partial charge in [0.05, 0.1) is 18.4 Å². The van der Waals surface area contributed by atoms with Gasteiger partial charge < -0.3 is 19.2 Å². The van der Waals surface area contributed by atoms with E-state index in [1.54, 1.807) is 19.1 Å². The van der Waals surface area contributed by atoms with Crippen LogP contribution in [0, 0.1) is 6.92 Å². The van der Waals surface area contributed by atoms with Crippen LogP contribution in [0.15, 0.2) is 51.7 Å². The van der Waals surface area contributed by atoms with Crippen molar-refractivity contribution in [2.45, 2.75) is 6.92 Å². The number of fused-ring (bicyclic) bond motifs is 1. The first-order valence-corrected chi connectivity index (χ1v) is 8.60. The first kappa shape index (κ1) is 19.4. The molecule has 0 radical (unpaired) electrons. The quantitative estimate of drug-likeness (QED) is 0.519. The zero-order valence-corrected chi connectivity index (χ0v) is 15.8. The number of carbonyl (C=O) groups is 2. The van der Waals surface area contributed by atoms with Crippen molar-refractivity contribution in [2.75, 3.05) is 19.0 Å². The Hall–Kier alpha value is -3.32. The van der Waals surface area contributed by atoms with E-state index in [9.17, 15) is 14.4 Å². The number of halogens is 1. The van der Waals surface area contributed by atoms with Gasteiger partial charge in [0.1, 0.15) is 11.3 Å². The summed E-state index contributed by atoms with van der Waals surface area (Å²) in [5.41, 5.74) is 1.07. The van der Waals surface area contributed by atoms with Gasteiger partial charge in [-0.15, -0.1) is 0 Å².